The normalized spacial score (nSPS) is 14.6. The number of rotatable bonds is 8. The Morgan fingerprint density at radius 2 is 1.97 bits per heavy atom. The topological polar surface area (TPSA) is 119 Å². The first-order chi connectivity index (χ1) is 18.9. The van der Waals surface area contributed by atoms with Crippen LogP contribution in [-0.4, -0.2) is 45.0 Å². The summed E-state index contributed by atoms with van der Waals surface area (Å²) in [5, 5.41) is 36.2. The number of hydrogen-bond acceptors (Lipinski definition) is 7. The second kappa shape index (κ2) is 10.1. The number of nitrogens with zero attached hydrogens (tertiary/aromatic N) is 10. The Balaban J connectivity index is 1.51. The molecule has 0 N–H and O–H groups in total. The molecule has 1 aliphatic rings. The molecule has 4 heterocycles. The first-order valence-corrected chi connectivity index (χ1v) is 12.5. The van der Waals surface area contributed by atoms with E-state index in [-0.39, 0.29) is 22.0 Å². The van der Waals surface area contributed by atoms with Gasteiger partial charge in [0.25, 0.3) is 0 Å². The van der Waals surface area contributed by atoms with Gasteiger partial charge in [0.15, 0.2) is 12.0 Å². The predicted octanol–water partition coefficient (Wildman–Crippen LogP) is 4.38. The van der Waals surface area contributed by atoms with E-state index in [2.05, 4.69) is 30.9 Å². The molecular weight excluding hydrogens is 537 g/mol. The molecule has 0 spiro atoms. The summed E-state index contributed by atoms with van der Waals surface area (Å²) in [5.41, 5.74) is 1.53. The first kappa shape index (κ1) is 25.0. The highest BCUT2D eigenvalue weighted by Gasteiger charge is 2.34. The minimum atomic E-state index is -2.83. The van der Waals surface area contributed by atoms with Crippen molar-refractivity contribution in [1.29, 1.82) is 0 Å². The number of pyridine rings is 1. The monoisotopic (exact) mass is 556 g/mol. The van der Waals surface area contributed by atoms with Crippen LogP contribution in [0.25, 0.3) is 28.1 Å². The van der Waals surface area contributed by atoms with Crippen LogP contribution in [-0.2, 0) is 0 Å². The van der Waals surface area contributed by atoms with E-state index in [4.69, 9.17) is 11.6 Å². The highest BCUT2D eigenvalue weighted by atomic mass is 35.5. The summed E-state index contributed by atoms with van der Waals surface area (Å²) in [5.74, 6) is -0.414. The Kier molecular flexibility index (Phi) is 6.46. The van der Waals surface area contributed by atoms with Gasteiger partial charge in [-0.15, -0.1) is 10.2 Å². The van der Waals surface area contributed by atoms with Crippen LogP contribution in [0.15, 0.2) is 55.4 Å². The van der Waals surface area contributed by atoms with E-state index in [1.807, 2.05) is 0 Å². The number of alkyl halides is 2. The lowest BCUT2D eigenvalue weighted by molar-refractivity contribution is -0.615. The third kappa shape index (κ3) is 4.60. The van der Waals surface area contributed by atoms with Crippen molar-refractivity contribution in [3.05, 3.63) is 77.1 Å². The standard InChI is InChI=1S/C24H20ClF3N10O/c25-17-6-7-19(37-13-29-32-34-37)21(22(17)26)16-5-2-8-38(39)23(16)20(9-14-3-1-4-14)35-11-15(10-30-35)18-12-36(24(27)28)33-31-18/h2,5-8,10-14,20,24H,1,3-4,9H2/t20-/m1/s1. The molecule has 1 aliphatic carbocycles. The third-order valence-electron chi connectivity index (χ3n) is 6.96. The lowest BCUT2D eigenvalue weighted by Gasteiger charge is -2.30. The average Bonchev–Trinajstić information content (AvgIpc) is 3.67. The minimum absolute atomic E-state index is 0.0564. The third-order valence-corrected chi connectivity index (χ3v) is 7.25. The van der Waals surface area contributed by atoms with E-state index in [0.717, 1.165) is 25.5 Å². The Bertz CT molecular complexity index is 1620. The lowest BCUT2D eigenvalue weighted by atomic mass is 9.79. The van der Waals surface area contributed by atoms with Crippen LogP contribution in [0.1, 0.15) is 44.0 Å². The van der Waals surface area contributed by atoms with Crippen molar-refractivity contribution < 1.29 is 17.9 Å². The SMILES string of the molecule is [O-][n+]1cccc(-c2c(-n3cnnn3)ccc(Cl)c2F)c1[C@@H](CC1CCC1)n1cc(-c2cn(C(F)F)nn2)cn1. The van der Waals surface area contributed by atoms with Crippen LogP contribution in [0.2, 0.25) is 5.02 Å². The Morgan fingerprint density at radius 3 is 2.67 bits per heavy atom. The Morgan fingerprint density at radius 1 is 1.13 bits per heavy atom. The summed E-state index contributed by atoms with van der Waals surface area (Å²) in [6.07, 6.45) is 10.5. The molecule has 1 saturated carbocycles. The molecular formula is C24H20ClF3N10O. The van der Waals surface area contributed by atoms with Gasteiger partial charge in [-0.2, -0.15) is 28.0 Å². The highest BCUT2D eigenvalue weighted by Crippen LogP contribution is 2.41. The molecule has 0 saturated heterocycles. The van der Waals surface area contributed by atoms with Gasteiger partial charge in [-0.3, -0.25) is 4.68 Å². The van der Waals surface area contributed by atoms with Crippen molar-refractivity contribution in [3.8, 4) is 28.1 Å². The number of aromatic nitrogens is 10. The molecule has 39 heavy (non-hydrogen) atoms. The molecule has 4 aromatic heterocycles. The smallest absolute Gasteiger partial charge is 0.334 e. The van der Waals surface area contributed by atoms with Crippen LogP contribution in [0.4, 0.5) is 13.2 Å². The molecule has 0 bridgehead atoms. The zero-order valence-electron chi connectivity index (χ0n) is 20.1. The highest BCUT2D eigenvalue weighted by molar-refractivity contribution is 6.31. The number of halogens is 4. The van der Waals surface area contributed by atoms with E-state index in [1.54, 1.807) is 23.0 Å². The zero-order chi connectivity index (χ0) is 27.1. The molecule has 5 aromatic rings. The summed E-state index contributed by atoms with van der Waals surface area (Å²) in [7, 11) is 0. The maximum atomic E-state index is 15.7. The van der Waals surface area contributed by atoms with E-state index in [1.165, 1.54) is 35.5 Å². The van der Waals surface area contributed by atoms with Crippen molar-refractivity contribution in [1.82, 2.24) is 45.0 Å². The van der Waals surface area contributed by atoms with Gasteiger partial charge in [0.1, 0.15) is 18.1 Å². The first-order valence-electron chi connectivity index (χ1n) is 12.1. The predicted molar refractivity (Wildman–Crippen MR) is 131 cm³/mol. The summed E-state index contributed by atoms with van der Waals surface area (Å²) in [6, 6.07) is 5.50. The van der Waals surface area contributed by atoms with Gasteiger partial charge in [0, 0.05) is 17.8 Å². The van der Waals surface area contributed by atoms with Gasteiger partial charge < -0.3 is 5.21 Å². The van der Waals surface area contributed by atoms with Crippen LogP contribution in [0.3, 0.4) is 0 Å². The van der Waals surface area contributed by atoms with Gasteiger partial charge >= 0.3 is 6.55 Å². The molecule has 1 aromatic carbocycles. The van der Waals surface area contributed by atoms with Gasteiger partial charge in [0.05, 0.1) is 34.2 Å². The molecule has 0 amide bonds. The fraction of sp³-hybridized carbons (Fsp3) is 0.292. The molecule has 11 nitrogen and oxygen atoms in total. The number of hydrogen-bond donors (Lipinski definition) is 0. The van der Waals surface area contributed by atoms with Crippen molar-refractivity contribution in [2.75, 3.05) is 0 Å². The lowest BCUT2D eigenvalue weighted by Crippen LogP contribution is -2.37. The molecule has 1 fully saturated rings. The fourth-order valence-electron chi connectivity index (χ4n) is 4.83. The second-order valence-corrected chi connectivity index (χ2v) is 9.67. The maximum Gasteiger partial charge on any atom is 0.334 e. The summed E-state index contributed by atoms with van der Waals surface area (Å²) in [6.45, 7) is -2.83. The van der Waals surface area contributed by atoms with E-state index in [9.17, 15) is 14.0 Å². The Hall–Kier alpha value is -4.33. The molecule has 200 valence electrons. The van der Waals surface area contributed by atoms with Gasteiger partial charge in [-0.25, -0.2) is 4.39 Å². The van der Waals surface area contributed by atoms with Gasteiger partial charge in [-0.05, 0) is 41.0 Å². The molecule has 0 aliphatic heterocycles. The summed E-state index contributed by atoms with van der Waals surface area (Å²) >= 11 is 6.19. The van der Waals surface area contributed by atoms with Crippen LogP contribution in [0.5, 0.6) is 0 Å². The molecule has 15 heteroatoms. The largest absolute Gasteiger partial charge is 0.618 e. The van der Waals surface area contributed by atoms with Gasteiger partial charge in [0.2, 0.25) is 5.69 Å². The van der Waals surface area contributed by atoms with Crippen molar-refractivity contribution in [2.24, 2.45) is 5.92 Å². The van der Waals surface area contributed by atoms with Crippen LogP contribution in [0, 0.1) is 16.9 Å². The molecule has 1 atom stereocenters. The number of benzene rings is 1. The molecule has 0 unspecified atom stereocenters. The minimum Gasteiger partial charge on any atom is -0.618 e. The Labute approximate surface area is 224 Å². The van der Waals surface area contributed by atoms with E-state index < -0.39 is 18.4 Å². The quantitative estimate of drug-likeness (QED) is 0.205. The van der Waals surface area contributed by atoms with Crippen LogP contribution >= 0.6 is 11.6 Å². The number of tetrazole rings is 1. The van der Waals surface area contributed by atoms with E-state index in [0.29, 0.717) is 38.6 Å². The molecule has 6 rings (SSSR count). The van der Waals surface area contributed by atoms with Crippen molar-refractivity contribution in [3.63, 3.8) is 0 Å². The van der Waals surface area contributed by atoms with Crippen LogP contribution < -0.4 is 4.73 Å². The van der Waals surface area contributed by atoms with Crippen molar-refractivity contribution in [2.45, 2.75) is 38.3 Å². The zero-order valence-corrected chi connectivity index (χ0v) is 20.9. The summed E-state index contributed by atoms with van der Waals surface area (Å²) in [4.78, 5) is 0. The second-order valence-electron chi connectivity index (χ2n) is 9.26. The fourth-order valence-corrected chi connectivity index (χ4v) is 4.99. The summed E-state index contributed by atoms with van der Waals surface area (Å²) < 4.78 is 45.8. The van der Waals surface area contributed by atoms with Gasteiger partial charge in [-0.1, -0.05) is 36.1 Å². The molecule has 0 radical (unpaired) electrons. The average molecular weight is 557 g/mol. The van der Waals surface area contributed by atoms with Crippen molar-refractivity contribution >= 4 is 11.6 Å². The maximum absolute atomic E-state index is 15.7. The van der Waals surface area contributed by atoms with E-state index >= 15 is 4.39 Å².